The van der Waals surface area contributed by atoms with Gasteiger partial charge in [0.1, 0.15) is 5.75 Å². The molecule has 0 saturated carbocycles. The van der Waals surface area contributed by atoms with Crippen molar-refractivity contribution in [2.24, 2.45) is 0 Å². The van der Waals surface area contributed by atoms with Gasteiger partial charge in [-0.2, -0.15) is 0 Å². The molecule has 0 heterocycles. The molecule has 0 unspecified atom stereocenters. The molecule has 3 rings (SSSR count). The highest BCUT2D eigenvalue weighted by Gasteiger charge is 2.15. The van der Waals surface area contributed by atoms with Crippen molar-refractivity contribution in [1.82, 2.24) is 0 Å². The normalized spacial score (nSPS) is 9.89. The summed E-state index contributed by atoms with van der Waals surface area (Å²) in [5.74, 6) is -4.75. The van der Waals surface area contributed by atoms with Crippen LogP contribution >= 0.6 is 7.82 Å². The molecular weight excluding hydrogens is 487 g/mol. The SMILES string of the molecule is O=C(O)c1ccccc1C(=O)O.O=C(O)c1ccccc1C(=O)O.O=P(O)(O)Oc1ccccc1. The molecule has 3 aromatic carbocycles. The molecule has 184 valence electrons. The van der Waals surface area contributed by atoms with Crippen LogP contribution in [0.2, 0.25) is 0 Å². The number of rotatable bonds is 6. The first-order chi connectivity index (χ1) is 16.3. The van der Waals surface area contributed by atoms with E-state index in [1.54, 1.807) is 18.2 Å². The van der Waals surface area contributed by atoms with Gasteiger partial charge in [-0.25, -0.2) is 23.7 Å². The first-order valence-electron chi connectivity index (χ1n) is 9.25. The maximum atomic E-state index is 10.5. The minimum Gasteiger partial charge on any atom is -0.478 e. The Labute approximate surface area is 197 Å². The molecule has 0 aliphatic rings. The van der Waals surface area contributed by atoms with Crippen molar-refractivity contribution in [3.63, 3.8) is 0 Å². The van der Waals surface area contributed by atoms with Crippen LogP contribution in [0.1, 0.15) is 41.4 Å². The summed E-state index contributed by atoms with van der Waals surface area (Å²) in [5.41, 5.74) is -0.759. The lowest BCUT2D eigenvalue weighted by molar-refractivity contribution is 0.0651. The van der Waals surface area contributed by atoms with Crippen molar-refractivity contribution < 1.29 is 58.5 Å². The van der Waals surface area contributed by atoms with Gasteiger partial charge in [-0.15, -0.1) is 0 Å². The molecule has 0 aliphatic heterocycles. The van der Waals surface area contributed by atoms with Gasteiger partial charge >= 0.3 is 31.7 Å². The summed E-state index contributed by atoms with van der Waals surface area (Å²) >= 11 is 0. The van der Waals surface area contributed by atoms with E-state index in [4.69, 9.17) is 30.2 Å². The Balaban J connectivity index is 0.000000263. The average Bonchev–Trinajstić information content (AvgIpc) is 2.79. The maximum Gasteiger partial charge on any atom is 0.524 e. The lowest BCUT2D eigenvalue weighted by Gasteiger charge is -2.04. The zero-order chi connectivity index (χ0) is 26.6. The summed E-state index contributed by atoms with van der Waals surface area (Å²) in [6.07, 6.45) is 0. The van der Waals surface area contributed by atoms with Crippen LogP contribution in [0.3, 0.4) is 0 Å². The van der Waals surface area contributed by atoms with Crippen molar-refractivity contribution in [3.8, 4) is 5.75 Å². The van der Waals surface area contributed by atoms with Crippen molar-refractivity contribution in [3.05, 3.63) is 101 Å². The second-order valence-corrected chi connectivity index (χ2v) is 7.37. The number of para-hydroxylation sites is 1. The molecule has 0 fully saturated rings. The Morgan fingerprint density at radius 3 is 1.00 bits per heavy atom. The number of carbonyl (C=O) groups is 4. The molecule has 0 radical (unpaired) electrons. The van der Waals surface area contributed by atoms with Crippen molar-refractivity contribution >= 4 is 31.7 Å². The third-order valence-electron chi connectivity index (χ3n) is 3.74. The molecule has 35 heavy (non-hydrogen) atoms. The molecule has 0 aliphatic carbocycles. The minimum absolute atomic E-state index is 0.167. The summed E-state index contributed by atoms with van der Waals surface area (Å²) in [7, 11) is -4.39. The third-order valence-corrected chi connectivity index (χ3v) is 4.19. The number of carboxylic acid groups (broad SMARTS) is 4. The van der Waals surface area contributed by atoms with E-state index < -0.39 is 31.7 Å². The Morgan fingerprint density at radius 2 is 0.771 bits per heavy atom. The topological polar surface area (TPSA) is 216 Å². The fourth-order valence-corrected chi connectivity index (χ4v) is 2.73. The van der Waals surface area contributed by atoms with Crippen molar-refractivity contribution in [2.45, 2.75) is 0 Å². The molecule has 0 spiro atoms. The Kier molecular flexibility index (Phi) is 10.8. The van der Waals surface area contributed by atoms with Crippen LogP contribution in [0.15, 0.2) is 78.9 Å². The van der Waals surface area contributed by atoms with Gasteiger partial charge in [-0.3, -0.25) is 9.79 Å². The molecule has 0 amide bonds. The second-order valence-electron chi connectivity index (χ2n) is 6.21. The average molecular weight is 506 g/mol. The molecule has 13 heteroatoms. The molecular formula is C22H19O12P. The van der Waals surface area contributed by atoms with Crippen LogP contribution in [-0.2, 0) is 4.57 Å². The van der Waals surface area contributed by atoms with Crippen LogP contribution in [0.25, 0.3) is 0 Å². The van der Waals surface area contributed by atoms with Crippen LogP contribution in [0.4, 0.5) is 0 Å². The van der Waals surface area contributed by atoms with Crippen LogP contribution in [0, 0.1) is 0 Å². The van der Waals surface area contributed by atoms with Gasteiger partial charge in [0.25, 0.3) is 0 Å². The first-order valence-corrected chi connectivity index (χ1v) is 10.8. The summed E-state index contributed by atoms with van der Waals surface area (Å²) in [6.45, 7) is 0. The Hall–Kier alpha value is -4.51. The van der Waals surface area contributed by atoms with Crippen LogP contribution < -0.4 is 4.52 Å². The molecule has 0 saturated heterocycles. The summed E-state index contributed by atoms with van der Waals surface area (Å²) in [4.78, 5) is 58.6. The van der Waals surface area contributed by atoms with E-state index in [-0.39, 0.29) is 28.0 Å². The summed E-state index contributed by atoms with van der Waals surface area (Å²) < 4.78 is 14.5. The highest BCUT2D eigenvalue weighted by molar-refractivity contribution is 7.46. The van der Waals surface area contributed by atoms with E-state index in [1.165, 1.54) is 60.7 Å². The molecule has 6 N–H and O–H groups in total. The number of hydrogen-bond acceptors (Lipinski definition) is 6. The summed E-state index contributed by atoms with van der Waals surface area (Å²) in [5, 5.41) is 34.2. The van der Waals surface area contributed by atoms with E-state index >= 15 is 0 Å². The number of carboxylic acids is 4. The lowest BCUT2D eigenvalue weighted by atomic mass is 10.1. The molecule has 0 bridgehead atoms. The maximum absolute atomic E-state index is 10.5. The van der Waals surface area contributed by atoms with E-state index in [1.807, 2.05) is 0 Å². The highest BCUT2D eigenvalue weighted by atomic mass is 31.2. The monoisotopic (exact) mass is 506 g/mol. The van der Waals surface area contributed by atoms with E-state index in [0.717, 1.165) is 0 Å². The van der Waals surface area contributed by atoms with Gasteiger partial charge in [-0.05, 0) is 36.4 Å². The van der Waals surface area contributed by atoms with E-state index in [9.17, 15) is 23.7 Å². The van der Waals surface area contributed by atoms with E-state index in [2.05, 4.69) is 4.52 Å². The minimum atomic E-state index is -4.39. The quantitative estimate of drug-likeness (QED) is 0.265. The zero-order valence-corrected chi connectivity index (χ0v) is 18.5. The predicted octanol–water partition coefficient (Wildman–Crippen LogP) is 3.32. The number of phosphoric acid groups is 1. The lowest BCUT2D eigenvalue weighted by Crippen LogP contribution is -2.06. The fourth-order valence-electron chi connectivity index (χ4n) is 2.33. The van der Waals surface area contributed by atoms with Gasteiger partial charge in [-0.1, -0.05) is 42.5 Å². The van der Waals surface area contributed by atoms with Gasteiger partial charge in [0.2, 0.25) is 0 Å². The molecule has 0 aromatic heterocycles. The number of benzene rings is 3. The third kappa shape index (κ3) is 10.3. The molecule has 3 aromatic rings. The molecule has 0 atom stereocenters. The standard InChI is InChI=1S/2C8H6O4.C6H7O4P/c2*9-7(10)5-3-1-2-4-6(5)8(11)12;7-11(8,9)10-6-4-2-1-3-5-6/h2*1-4H,(H,9,10)(H,11,12);1-5H,(H2,7,8,9). The fraction of sp³-hybridized carbons (Fsp3) is 0. The molecule has 12 nitrogen and oxygen atoms in total. The Morgan fingerprint density at radius 1 is 0.514 bits per heavy atom. The largest absolute Gasteiger partial charge is 0.524 e. The number of aromatic carboxylic acids is 4. The smallest absolute Gasteiger partial charge is 0.478 e. The van der Waals surface area contributed by atoms with Gasteiger partial charge in [0.15, 0.2) is 0 Å². The predicted molar refractivity (Wildman–Crippen MR) is 120 cm³/mol. The Bertz CT molecular complexity index is 1100. The summed E-state index contributed by atoms with van der Waals surface area (Å²) in [6, 6.07) is 18.9. The highest BCUT2D eigenvalue weighted by Crippen LogP contribution is 2.36. The van der Waals surface area contributed by atoms with Gasteiger partial charge in [0, 0.05) is 0 Å². The number of phosphoric ester groups is 1. The van der Waals surface area contributed by atoms with Gasteiger partial charge in [0.05, 0.1) is 22.3 Å². The second kappa shape index (κ2) is 13.3. The van der Waals surface area contributed by atoms with E-state index in [0.29, 0.717) is 0 Å². The van der Waals surface area contributed by atoms with Crippen molar-refractivity contribution in [1.29, 1.82) is 0 Å². The van der Waals surface area contributed by atoms with Crippen molar-refractivity contribution in [2.75, 3.05) is 0 Å². The number of hydrogen-bond donors (Lipinski definition) is 6. The zero-order valence-electron chi connectivity index (χ0n) is 17.6. The van der Waals surface area contributed by atoms with Crippen LogP contribution in [-0.4, -0.2) is 54.1 Å². The van der Waals surface area contributed by atoms with Gasteiger partial charge < -0.3 is 24.9 Å². The first kappa shape index (κ1) is 28.5. The van der Waals surface area contributed by atoms with Crippen LogP contribution in [0.5, 0.6) is 5.75 Å².